The minimum atomic E-state index is -0.423. The molecule has 2 aromatic carbocycles. The van der Waals surface area contributed by atoms with Crippen LogP contribution in [0.25, 0.3) is 11.3 Å². The van der Waals surface area contributed by atoms with Crippen LogP contribution in [0.3, 0.4) is 0 Å². The molecule has 0 aliphatic carbocycles. The molecule has 0 saturated carbocycles. The summed E-state index contributed by atoms with van der Waals surface area (Å²) < 4.78 is 5.75. The van der Waals surface area contributed by atoms with Gasteiger partial charge in [-0.3, -0.25) is 0 Å². The summed E-state index contributed by atoms with van der Waals surface area (Å²) in [6.07, 6.45) is 1.45. The van der Waals surface area contributed by atoms with Crippen LogP contribution >= 0.6 is 11.6 Å². The largest absolute Gasteiger partial charge is 0.455 e. The zero-order chi connectivity index (χ0) is 18.5. The van der Waals surface area contributed by atoms with Gasteiger partial charge in [-0.1, -0.05) is 35.9 Å². The highest BCUT2D eigenvalue weighted by Crippen LogP contribution is 2.27. The van der Waals surface area contributed by atoms with Gasteiger partial charge in [0.1, 0.15) is 11.5 Å². The van der Waals surface area contributed by atoms with Gasteiger partial charge in [0.05, 0.1) is 6.21 Å². The van der Waals surface area contributed by atoms with E-state index in [2.05, 4.69) is 15.8 Å². The number of benzene rings is 2. The van der Waals surface area contributed by atoms with Gasteiger partial charge in [0.15, 0.2) is 0 Å². The molecular formula is C20H18ClN3O2. The van der Waals surface area contributed by atoms with E-state index in [1.165, 1.54) is 6.21 Å². The van der Waals surface area contributed by atoms with Crippen LogP contribution in [0.5, 0.6) is 0 Å². The molecule has 0 spiro atoms. The third-order valence-corrected chi connectivity index (χ3v) is 4.08. The molecule has 0 atom stereocenters. The fraction of sp³-hybridized carbons (Fsp3) is 0.100. The first-order chi connectivity index (χ1) is 12.5. The van der Waals surface area contributed by atoms with E-state index >= 15 is 0 Å². The van der Waals surface area contributed by atoms with Gasteiger partial charge >= 0.3 is 6.03 Å². The molecule has 132 valence electrons. The van der Waals surface area contributed by atoms with Crippen LogP contribution in [0.1, 0.15) is 16.9 Å². The monoisotopic (exact) mass is 367 g/mol. The smallest absolute Gasteiger partial charge is 0.339 e. The molecule has 1 aromatic heterocycles. The number of urea groups is 1. The minimum Gasteiger partial charge on any atom is -0.455 e. The lowest BCUT2D eigenvalue weighted by atomic mass is 10.1. The average molecular weight is 368 g/mol. The summed E-state index contributed by atoms with van der Waals surface area (Å²) in [4.78, 5) is 11.9. The fourth-order valence-corrected chi connectivity index (χ4v) is 2.62. The number of hydrazone groups is 1. The Kier molecular flexibility index (Phi) is 5.39. The zero-order valence-corrected chi connectivity index (χ0v) is 15.2. The number of nitrogens with one attached hydrogen (secondary N) is 2. The van der Waals surface area contributed by atoms with E-state index in [9.17, 15) is 4.79 Å². The predicted octanol–water partition coefficient (Wildman–Crippen LogP) is 5.37. The number of hydrogen-bond donors (Lipinski definition) is 2. The Bertz CT molecular complexity index is 963. The maximum atomic E-state index is 11.9. The number of hydrogen-bond acceptors (Lipinski definition) is 3. The number of furan rings is 1. The molecule has 0 fully saturated rings. The average Bonchev–Trinajstić information content (AvgIpc) is 3.08. The Labute approximate surface area is 156 Å². The number of nitrogens with zero attached hydrogens (tertiary/aromatic N) is 1. The minimum absolute atomic E-state index is 0.423. The molecule has 0 aliphatic rings. The van der Waals surface area contributed by atoms with Gasteiger partial charge in [-0.15, -0.1) is 0 Å². The van der Waals surface area contributed by atoms with Gasteiger partial charge in [0.2, 0.25) is 0 Å². The highest BCUT2D eigenvalue weighted by atomic mass is 35.5. The van der Waals surface area contributed by atoms with Crippen molar-refractivity contribution in [3.8, 4) is 11.3 Å². The number of rotatable bonds is 4. The third-order valence-electron chi connectivity index (χ3n) is 3.84. The molecule has 3 aromatic rings. The molecule has 5 nitrogen and oxygen atoms in total. The molecule has 6 heteroatoms. The van der Waals surface area contributed by atoms with E-state index in [1.807, 2.05) is 62.4 Å². The van der Waals surface area contributed by atoms with Crippen LogP contribution in [0.15, 0.2) is 64.1 Å². The van der Waals surface area contributed by atoms with Crippen molar-refractivity contribution in [3.63, 3.8) is 0 Å². The van der Waals surface area contributed by atoms with Crippen LogP contribution < -0.4 is 10.7 Å². The van der Waals surface area contributed by atoms with Crippen molar-refractivity contribution < 1.29 is 9.21 Å². The number of aryl methyl sites for hydroxylation is 2. The summed E-state index contributed by atoms with van der Waals surface area (Å²) in [5.74, 6) is 1.21. The Balaban J connectivity index is 1.63. The molecule has 2 amide bonds. The zero-order valence-electron chi connectivity index (χ0n) is 14.4. The second-order valence-electron chi connectivity index (χ2n) is 5.80. The molecule has 0 bridgehead atoms. The Morgan fingerprint density at radius 1 is 1.08 bits per heavy atom. The summed E-state index contributed by atoms with van der Waals surface area (Å²) in [6.45, 7) is 3.90. The normalized spacial score (nSPS) is 10.9. The van der Waals surface area contributed by atoms with Gasteiger partial charge in [-0.05, 0) is 55.3 Å². The van der Waals surface area contributed by atoms with Crippen LogP contribution in [-0.2, 0) is 0 Å². The highest BCUT2D eigenvalue weighted by Gasteiger charge is 2.08. The quantitative estimate of drug-likeness (QED) is 0.480. The number of anilines is 1. The first-order valence-electron chi connectivity index (χ1n) is 8.05. The maximum absolute atomic E-state index is 11.9. The Morgan fingerprint density at radius 2 is 1.88 bits per heavy atom. The molecule has 3 rings (SSSR count). The third kappa shape index (κ3) is 4.32. The topological polar surface area (TPSA) is 66.6 Å². The standard InChI is InChI=1S/C20H18ClN3O2/c1-13-7-8-15(21)11-17(13)19-10-9-16(26-19)12-22-24-20(25)23-18-6-4-3-5-14(18)2/h3-12H,1-2H3,(H2,23,24,25). The highest BCUT2D eigenvalue weighted by molar-refractivity contribution is 6.30. The van der Waals surface area contributed by atoms with Crippen molar-refractivity contribution in [3.05, 3.63) is 76.5 Å². The van der Waals surface area contributed by atoms with E-state index in [4.69, 9.17) is 16.0 Å². The van der Waals surface area contributed by atoms with Crippen molar-refractivity contribution in [2.24, 2.45) is 5.10 Å². The molecule has 0 unspecified atom stereocenters. The molecule has 0 radical (unpaired) electrons. The Hall–Kier alpha value is -3.05. The second kappa shape index (κ2) is 7.89. The predicted molar refractivity (Wildman–Crippen MR) is 105 cm³/mol. The molecule has 26 heavy (non-hydrogen) atoms. The Morgan fingerprint density at radius 3 is 2.69 bits per heavy atom. The van der Waals surface area contributed by atoms with Crippen molar-refractivity contribution >= 4 is 29.5 Å². The lowest BCUT2D eigenvalue weighted by Gasteiger charge is -2.06. The van der Waals surface area contributed by atoms with Crippen molar-refractivity contribution in [2.75, 3.05) is 5.32 Å². The van der Waals surface area contributed by atoms with Crippen molar-refractivity contribution in [2.45, 2.75) is 13.8 Å². The van der Waals surface area contributed by atoms with Crippen LogP contribution in [0, 0.1) is 13.8 Å². The number of amides is 2. The second-order valence-corrected chi connectivity index (χ2v) is 6.24. The van der Waals surface area contributed by atoms with Crippen LogP contribution in [-0.4, -0.2) is 12.2 Å². The first-order valence-corrected chi connectivity index (χ1v) is 8.43. The summed E-state index contributed by atoms with van der Waals surface area (Å²) >= 11 is 6.05. The molecule has 0 saturated heterocycles. The first kappa shape index (κ1) is 17.8. The SMILES string of the molecule is Cc1ccccc1NC(=O)NN=Cc1ccc(-c2cc(Cl)ccc2C)o1. The summed E-state index contributed by atoms with van der Waals surface area (Å²) in [6, 6.07) is 16.3. The molecule has 0 aliphatic heterocycles. The van der Waals surface area contributed by atoms with Gasteiger partial charge < -0.3 is 9.73 Å². The van der Waals surface area contributed by atoms with Crippen molar-refractivity contribution in [1.29, 1.82) is 0 Å². The summed E-state index contributed by atoms with van der Waals surface area (Å²) in [5.41, 5.74) is 6.10. The maximum Gasteiger partial charge on any atom is 0.339 e. The van der Waals surface area contributed by atoms with E-state index in [0.29, 0.717) is 16.5 Å². The fourth-order valence-electron chi connectivity index (χ4n) is 2.44. The number of para-hydroxylation sites is 1. The molecular weight excluding hydrogens is 350 g/mol. The molecule has 1 heterocycles. The van der Waals surface area contributed by atoms with Gasteiger partial charge in [-0.25, -0.2) is 10.2 Å². The van der Waals surface area contributed by atoms with E-state index < -0.39 is 6.03 Å². The van der Waals surface area contributed by atoms with E-state index in [1.54, 1.807) is 6.07 Å². The number of carbonyl (C=O) groups excluding carboxylic acids is 1. The van der Waals surface area contributed by atoms with Gasteiger partial charge in [0, 0.05) is 16.3 Å². The summed E-state index contributed by atoms with van der Waals surface area (Å²) in [7, 11) is 0. The van der Waals surface area contributed by atoms with E-state index in [-0.39, 0.29) is 0 Å². The van der Waals surface area contributed by atoms with Crippen LogP contribution in [0.4, 0.5) is 10.5 Å². The number of carbonyl (C=O) groups is 1. The van der Waals surface area contributed by atoms with Crippen LogP contribution in [0.2, 0.25) is 5.02 Å². The number of halogens is 1. The lowest BCUT2D eigenvalue weighted by molar-refractivity contribution is 0.252. The van der Waals surface area contributed by atoms with E-state index in [0.717, 1.165) is 22.4 Å². The van der Waals surface area contributed by atoms with Gasteiger partial charge in [0.25, 0.3) is 0 Å². The van der Waals surface area contributed by atoms with Crippen molar-refractivity contribution in [1.82, 2.24) is 5.43 Å². The summed E-state index contributed by atoms with van der Waals surface area (Å²) in [5, 5.41) is 7.28. The van der Waals surface area contributed by atoms with Gasteiger partial charge in [-0.2, -0.15) is 5.10 Å². The molecule has 2 N–H and O–H groups in total. The lowest BCUT2D eigenvalue weighted by Crippen LogP contribution is -2.24.